The summed E-state index contributed by atoms with van der Waals surface area (Å²) in [5.74, 6) is -3.67. The number of nitrogens with one attached hydrogen (secondary N) is 1. The normalized spacial score (nSPS) is 16.5. The number of carbonyl (C=O) groups is 1. The Morgan fingerprint density at radius 2 is 1.88 bits per heavy atom. The van der Waals surface area contributed by atoms with Gasteiger partial charge in [0.1, 0.15) is 22.9 Å². The summed E-state index contributed by atoms with van der Waals surface area (Å²) in [4.78, 5) is 12.1. The lowest BCUT2D eigenvalue weighted by molar-refractivity contribution is 0.0804. The van der Waals surface area contributed by atoms with Crippen molar-refractivity contribution in [3.8, 4) is 5.75 Å². The van der Waals surface area contributed by atoms with Gasteiger partial charge in [-0.05, 0) is 18.4 Å². The van der Waals surface area contributed by atoms with E-state index in [9.17, 15) is 23.8 Å². The smallest absolute Gasteiger partial charge is 0.258 e. The Morgan fingerprint density at radius 3 is 2.46 bits per heavy atom. The molecule has 0 spiro atoms. The first-order valence-corrected chi connectivity index (χ1v) is 7.62. The van der Waals surface area contributed by atoms with Crippen LogP contribution in [0.1, 0.15) is 34.9 Å². The van der Waals surface area contributed by atoms with E-state index in [4.69, 9.17) is 0 Å². The molecule has 126 valence electrons. The molecule has 4 nitrogen and oxygen atoms in total. The van der Waals surface area contributed by atoms with Gasteiger partial charge < -0.3 is 15.5 Å². The zero-order valence-electron chi connectivity index (χ0n) is 12.8. The number of aliphatic hydroxyl groups is 1. The van der Waals surface area contributed by atoms with Crippen LogP contribution in [-0.4, -0.2) is 22.7 Å². The molecule has 3 rings (SSSR count). The Balaban J connectivity index is 1.71. The molecule has 24 heavy (non-hydrogen) atoms. The third-order valence-corrected chi connectivity index (χ3v) is 4.45. The van der Waals surface area contributed by atoms with Crippen molar-refractivity contribution in [2.75, 3.05) is 6.54 Å². The number of rotatable bonds is 5. The predicted molar refractivity (Wildman–Crippen MR) is 83.4 cm³/mol. The van der Waals surface area contributed by atoms with E-state index in [0.717, 1.165) is 18.4 Å². The number of halogens is 2. The van der Waals surface area contributed by atoms with Crippen molar-refractivity contribution in [2.45, 2.75) is 18.9 Å². The van der Waals surface area contributed by atoms with Crippen LogP contribution in [0.4, 0.5) is 8.78 Å². The summed E-state index contributed by atoms with van der Waals surface area (Å²) < 4.78 is 26.7. The highest BCUT2D eigenvalue weighted by Crippen LogP contribution is 2.54. The first-order valence-electron chi connectivity index (χ1n) is 7.62. The van der Waals surface area contributed by atoms with Crippen molar-refractivity contribution in [1.29, 1.82) is 0 Å². The van der Waals surface area contributed by atoms with Gasteiger partial charge in [0, 0.05) is 24.1 Å². The van der Waals surface area contributed by atoms with E-state index in [0.29, 0.717) is 12.1 Å². The Kier molecular flexibility index (Phi) is 4.24. The van der Waals surface area contributed by atoms with Crippen molar-refractivity contribution in [3.63, 3.8) is 0 Å². The van der Waals surface area contributed by atoms with Gasteiger partial charge >= 0.3 is 0 Å². The van der Waals surface area contributed by atoms with Crippen LogP contribution in [0.2, 0.25) is 0 Å². The quantitative estimate of drug-likeness (QED) is 0.788. The van der Waals surface area contributed by atoms with E-state index in [1.807, 2.05) is 18.2 Å². The van der Waals surface area contributed by atoms with Crippen molar-refractivity contribution in [3.05, 3.63) is 65.2 Å². The fraction of sp³-hybridized carbons (Fsp3) is 0.278. The molecule has 2 aromatic rings. The highest BCUT2D eigenvalue weighted by molar-refractivity contribution is 5.97. The molecule has 1 fully saturated rings. The van der Waals surface area contributed by atoms with Gasteiger partial charge in [0.05, 0.1) is 6.10 Å². The number of benzene rings is 2. The number of amides is 1. The Morgan fingerprint density at radius 1 is 1.21 bits per heavy atom. The number of phenolic OH excluding ortho intramolecular Hbond substituents is 1. The average Bonchev–Trinajstić information content (AvgIpc) is 3.33. The molecule has 6 heteroatoms. The molecule has 1 aliphatic rings. The van der Waals surface area contributed by atoms with Crippen LogP contribution in [-0.2, 0) is 0 Å². The standard InChI is InChI=1S/C18H17F2NO3/c19-12-8-13(20)15(14(22)9-12)17(24)21-10-18(6-7-18)16(23)11-4-2-1-3-5-11/h1-5,8-9,16,22-23H,6-7,10H2,(H,21,24). The number of hydrogen-bond donors (Lipinski definition) is 3. The maximum absolute atomic E-state index is 13.7. The lowest BCUT2D eigenvalue weighted by Crippen LogP contribution is -2.33. The van der Waals surface area contributed by atoms with Crippen LogP contribution in [0, 0.1) is 17.0 Å². The Labute approximate surface area is 137 Å². The topological polar surface area (TPSA) is 69.6 Å². The molecule has 1 saturated carbocycles. The van der Waals surface area contributed by atoms with Gasteiger partial charge in [-0.25, -0.2) is 8.78 Å². The van der Waals surface area contributed by atoms with Crippen LogP contribution in [0.3, 0.4) is 0 Å². The van der Waals surface area contributed by atoms with Gasteiger partial charge in [0.25, 0.3) is 5.91 Å². The van der Waals surface area contributed by atoms with Crippen LogP contribution in [0.5, 0.6) is 5.75 Å². The van der Waals surface area contributed by atoms with Gasteiger partial charge in [-0.15, -0.1) is 0 Å². The van der Waals surface area contributed by atoms with Gasteiger partial charge in [-0.1, -0.05) is 30.3 Å². The summed E-state index contributed by atoms with van der Waals surface area (Å²) in [6, 6.07) is 10.3. The van der Waals surface area contributed by atoms with Gasteiger partial charge in [0.2, 0.25) is 0 Å². The molecule has 0 aliphatic heterocycles. The molecule has 0 heterocycles. The predicted octanol–water partition coefficient (Wildman–Crippen LogP) is 2.91. The number of hydrogen-bond acceptors (Lipinski definition) is 3. The minimum Gasteiger partial charge on any atom is -0.507 e. The molecule has 0 radical (unpaired) electrons. The average molecular weight is 333 g/mol. The van der Waals surface area contributed by atoms with E-state index in [1.54, 1.807) is 12.1 Å². The van der Waals surface area contributed by atoms with Crippen molar-refractivity contribution >= 4 is 5.91 Å². The zero-order valence-corrected chi connectivity index (χ0v) is 12.8. The largest absolute Gasteiger partial charge is 0.507 e. The van der Waals surface area contributed by atoms with E-state index in [-0.39, 0.29) is 6.54 Å². The summed E-state index contributed by atoms with van der Waals surface area (Å²) in [6.45, 7) is 0.137. The van der Waals surface area contributed by atoms with Crippen LogP contribution in [0.25, 0.3) is 0 Å². The fourth-order valence-electron chi connectivity index (χ4n) is 2.83. The number of carbonyl (C=O) groups excluding carboxylic acids is 1. The molecular formula is C18H17F2NO3. The molecule has 1 unspecified atom stereocenters. The first-order chi connectivity index (χ1) is 11.4. The first kappa shape index (κ1) is 16.4. The lowest BCUT2D eigenvalue weighted by Gasteiger charge is -2.23. The second kappa shape index (κ2) is 6.20. The molecule has 0 saturated heterocycles. The van der Waals surface area contributed by atoms with Crippen molar-refractivity contribution in [1.82, 2.24) is 5.32 Å². The van der Waals surface area contributed by atoms with Crippen molar-refractivity contribution in [2.24, 2.45) is 5.41 Å². The zero-order chi connectivity index (χ0) is 17.3. The number of aliphatic hydroxyl groups excluding tert-OH is 1. The highest BCUT2D eigenvalue weighted by atomic mass is 19.1. The molecule has 1 amide bonds. The molecular weight excluding hydrogens is 316 g/mol. The van der Waals surface area contributed by atoms with Crippen molar-refractivity contribution < 1.29 is 23.8 Å². The lowest BCUT2D eigenvalue weighted by atomic mass is 9.92. The van der Waals surface area contributed by atoms with E-state index in [1.165, 1.54) is 0 Å². The summed E-state index contributed by atoms with van der Waals surface area (Å²) >= 11 is 0. The van der Waals surface area contributed by atoms with Crippen LogP contribution >= 0.6 is 0 Å². The number of phenols is 1. The highest BCUT2D eigenvalue weighted by Gasteiger charge is 2.49. The molecule has 3 N–H and O–H groups in total. The van der Waals surface area contributed by atoms with E-state index in [2.05, 4.69) is 5.32 Å². The molecule has 1 aliphatic carbocycles. The Bertz CT molecular complexity index is 737. The third kappa shape index (κ3) is 3.10. The molecule has 2 aromatic carbocycles. The summed E-state index contributed by atoms with van der Waals surface area (Å²) in [5.41, 5.74) is -0.343. The van der Waals surface area contributed by atoms with Gasteiger partial charge in [0.15, 0.2) is 0 Å². The second-order valence-electron chi connectivity index (χ2n) is 6.14. The SMILES string of the molecule is O=C(NCC1(C(O)c2ccccc2)CC1)c1c(O)cc(F)cc1F. The minimum absolute atomic E-state index is 0.137. The summed E-state index contributed by atoms with van der Waals surface area (Å²) in [6.07, 6.45) is 0.702. The monoisotopic (exact) mass is 333 g/mol. The number of aromatic hydroxyl groups is 1. The minimum atomic E-state index is -1.13. The van der Waals surface area contributed by atoms with Gasteiger partial charge in [-0.3, -0.25) is 4.79 Å². The molecule has 0 aromatic heterocycles. The maximum atomic E-state index is 13.7. The van der Waals surface area contributed by atoms with Crippen LogP contribution in [0.15, 0.2) is 42.5 Å². The van der Waals surface area contributed by atoms with Crippen LogP contribution < -0.4 is 5.32 Å². The summed E-state index contributed by atoms with van der Waals surface area (Å²) in [5, 5.41) is 22.6. The Hall–Kier alpha value is -2.47. The molecule has 0 bridgehead atoms. The maximum Gasteiger partial charge on any atom is 0.258 e. The second-order valence-corrected chi connectivity index (χ2v) is 6.14. The fourth-order valence-corrected chi connectivity index (χ4v) is 2.83. The van der Waals surface area contributed by atoms with Gasteiger partial charge in [-0.2, -0.15) is 0 Å². The van der Waals surface area contributed by atoms with E-state index < -0.39 is 40.4 Å². The molecule has 1 atom stereocenters. The third-order valence-electron chi connectivity index (χ3n) is 4.45. The van der Waals surface area contributed by atoms with E-state index >= 15 is 0 Å². The summed E-state index contributed by atoms with van der Waals surface area (Å²) in [7, 11) is 0.